The van der Waals surface area contributed by atoms with Crippen molar-refractivity contribution < 1.29 is 18.0 Å². The zero-order valence-corrected chi connectivity index (χ0v) is 15.0. The molecule has 0 atom stereocenters. The minimum Gasteiger partial charge on any atom is -0.352 e. The number of carbonyl (C=O) groups is 1. The van der Waals surface area contributed by atoms with Crippen molar-refractivity contribution in [2.24, 2.45) is 5.92 Å². The normalized spacial score (nSPS) is 23.2. The Labute approximate surface area is 160 Å². The summed E-state index contributed by atoms with van der Waals surface area (Å²) in [5, 5.41) is 5.55. The molecule has 9 heteroatoms. The number of fused-ring (bicyclic) bond motifs is 1. The number of nitrogens with one attached hydrogen (secondary N) is 2. The number of alkyl halides is 3. The topological polar surface area (TPSA) is 70.1 Å². The molecule has 0 unspecified atom stereocenters. The smallest absolute Gasteiger partial charge is 0.352 e. The Morgan fingerprint density at radius 1 is 1.18 bits per heavy atom. The van der Waals surface area contributed by atoms with E-state index in [2.05, 4.69) is 20.6 Å². The van der Waals surface area contributed by atoms with Crippen molar-refractivity contribution in [3.8, 4) is 0 Å². The summed E-state index contributed by atoms with van der Waals surface area (Å²) in [5.41, 5.74) is -0.0850. The predicted octanol–water partition coefficient (Wildman–Crippen LogP) is 3.24. The van der Waals surface area contributed by atoms with Crippen molar-refractivity contribution >= 4 is 12.0 Å². The van der Waals surface area contributed by atoms with Gasteiger partial charge in [0.1, 0.15) is 5.69 Å². The van der Waals surface area contributed by atoms with Crippen molar-refractivity contribution in [2.45, 2.75) is 24.6 Å². The number of benzene rings is 1. The molecule has 0 spiro atoms. The minimum absolute atomic E-state index is 0.117. The minimum atomic E-state index is -4.52. The molecule has 1 aromatic heterocycles. The number of anilines is 1. The zero-order valence-electron chi connectivity index (χ0n) is 15.0. The molecule has 1 aliphatic carbocycles. The molecule has 2 aromatic rings. The SMILES string of the molecule is O=C(NCCNc1nccc(C(F)(F)F)n1)N1CC2CC1(c1ccccc1)C2. The van der Waals surface area contributed by atoms with E-state index in [1.807, 2.05) is 35.2 Å². The van der Waals surface area contributed by atoms with Gasteiger partial charge in [-0.2, -0.15) is 13.2 Å². The van der Waals surface area contributed by atoms with E-state index in [4.69, 9.17) is 0 Å². The van der Waals surface area contributed by atoms with Crippen LogP contribution in [0.3, 0.4) is 0 Å². The summed E-state index contributed by atoms with van der Waals surface area (Å²) < 4.78 is 38.0. The lowest BCUT2D eigenvalue weighted by molar-refractivity contribution is -0.141. The highest BCUT2D eigenvalue weighted by Crippen LogP contribution is 2.56. The van der Waals surface area contributed by atoms with E-state index >= 15 is 0 Å². The number of urea groups is 1. The molecule has 5 rings (SSSR count). The maximum atomic E-state index is 12.7. The number of aromatic nitrogens is 2. The van der Waals surface area contributed by atoms with Crippen LogP contribution >= 0.6 is 0 Å². The number of halogens is 3. The van der Waals surface area contributed by atoms with Crippen LogP contribution in [0.1, 0.15) is 24.1 Å². The second-order valence-electron chi connectivity index (χ2n) is 7.20. The monoisotopic (exact) mass is 391 g/mol. The summed E-state index contributed by atoms with van der Waals surface area (Å²) in [6.07, 6.45) is -1.52. The van der Waals surface area contributed by atoms with Gasteiger partial charge in [-0.1, -0.05) is 30.3 Å². The first kappa shape index (κ1) is 18.5. The van der Waals surface area contributed by atoms with Crippen LogP contribution in [0.2, 0.25) is 0 Å². The van der Waals surface area contributed by atoms with E-state index in [0.29, 0.717) is 5.92 Å². The first-order valence-corrected chi connectivity index (χ1v) is 9.14. The van der Waals surface area contributed by atoms with E-state index in [1.165, 1.54) is 0 Å². The van der Waals surface area contributed by atoms with E-state index in [9.17, 15) is 18.0 Å². The van der Waals surface area contributed by atoms with Gasteiger partial charge in [-0.25, -0.2) is 14.8 Å². The maximum Gasteiger partial charge on any atom is 0.433 e. The molecular formula is C19H20F3N5O. The Bertz CT molecular complexity index is 852. The first-order valence-electron chi connectivity index (χ1n) is 9.14. The predicted molar refractivity (Wildman–Crippen MR) is 96.5 cm³/mol. The molecule has 2 bridgehead atoms. The number of carbonyl (C=O) groups excluding carboxylic acids is 1. The number of hydrogen-bond donors (Lipinski definition) is 2. The Kier molecular flexibility index (Phi) is 4.60. The molecule has 3 heterocycles. The maximum absolute atomic E-state index is 12.7. The van der Waals surface area contributed by atoms with Crippen LogP contribution in [0.4, 0.5) is 23.9 Å². The van der Waals surface area contributed by atoms with Crippen LogP contribution in [-0.2, 0) is 11.7 Å². The molecule has 1 saturated carbocycles. The van der Waals surface area contributed by atoms with Gasteiger partial charge in [0.05, 0.1) is 5.54 Å². The summed E-state index contributed by atoms with van der Waals surface area (Å²) in [5.74, 6) is 0.413. The van der Waals surface area contributed by atoms with Gasteiger partial charge in [-0.05, 0) is 30.4 Å². The highest BCUT2D eigenvalue weighted by molar-refractivity contribution is 5.76. The molecule has 0 radical (unpaired) electrons. The lowest BCUT2D eigenvalue weighted by Gasteiger charge is -2.42. The largest absolute Gasteiger partial charge is 0.433 e. The van der Waals surface area contributed by atoms with Crippen molar-refractivity contribution in [1.29, 1.82) is 0 Å². The second-order valence-corrected chi connectivity index (χ2v) is 7.20. The quantitative estimate of drug-likeness (QED) is 0.768. The third-order valence-corrected chi connectivity index (χ3v) is 5.40. The van der Waals surface area contributed by atoms with E-state index in [1.54, 1.807) is 0 Å². The fraction of sp³-hybridized carbons (Fsp3) is 0.421. The summed E-state index contributed by atoms with van der Waals surface area (Å²) in [6, 6.07) is 10.7. The first-order chi connectivity index (χ1) is 13.4. The van der Waals surface area contributed by atoms with Crippen molar-refractivity contribution in [1.82, 2.24) is 20.2 Å². The summed E-state index contributed by atoms with van der Waals surface area (Å²) in [7, 11) is 0. The Balaban J connectivity index is 1.31. The molecule has 2 amide bonds. The number of rotatable bonds is 5. The average molecular weight is 391 g/mol. The molecule has 2 saturated heterocycles. The Morgan fingerprint density at radius 2 is 1.93 bits per heavy atom. The van der Waals surface area contributed by atoms with Gasteiger partial charge in [0, 0.05) is 25.8 Å². The van der Waals surface area contributed by atoms with Crippen molar-refractivity contribution in [3.63, 3.8) is 0 Å². The second kappa shape index (κ2) is 6.96. The van der Waals surface area contributed by atoms with Gasteiger partial charge in [0.15, 0.2) is 0 Å². The van der Waals surface area contributed by atoms with Crippen LogP contribution in [-0.4, -0.2) is 40.5 Å². The lowest BCUT2D eigenvalue weighted by atomic mass is 9.69. The molecule has 3 fully saturated rings. The molecule has 28 heavy (non-hydrogen) atoms. The van der Waals surface area contributed by atoms with Crippen LogP contribution in [0.25, 0.3) is 0 Å². The summed E-state index contributed by atoms with van der Waals surface area (Å²) >= 11 is 0. The standard InChI is InChI=1S/C19H20F3N5O/c20-19(21,22)15-6-7-23-16(26-15)24-8-9-25-17(28)27-12-13-10-18(27,11-13)14-4-2-1-3-5-14/h1-7,13H,8-12H2,(H,25,28)(H,23,24,26). The fourth-order valence-electron chi connectivity index (χ4n) is 4.14. The Hall–Kier alpha value is -2.84. The molecule has 3 aliphatic rings. The highest BCUT2D eigenvalue weighted by atomic mass is 19.4. The molecule has 2 N–H and O–H groups in total. The third kappa shape index (κ3) is 3.36. The average Bonchev–Trinajstić information content (AvgIpc) is 3.22. The molecule has 1 aromatic carbocycles. The molecule has 2 aliphatic heterocycles. The van der Waals surface area contributed by atoms with Gasteiger partial charge in [-0.15, -0.1) is 0 Å². The molecule has 148 valence electrons. The van der Waals surface area contributed by atoms with Crippen LogP contribution in [0, 0.1) is 5.92 Å². The lowest BCUT2D eigenvalue weighted by Crippen LogP contribution is -2.50. The van der Waals surface area contributed by atoms with E-state index < -0.39 is 11.9 Å². The van der Waals surface area contributed by atoms with Gasteiger partial charge in [0.25, 0.3) is 0 Å². The van der Waals surface area contributed by atoms with Crippen molar-refractivity contribution in [2.75, 3.05) is 25.0 Å². The Morgan fingerprint density at radius 3 is 2.64 bits per heavy atom. The number of hydrogen-bond acceptors (Lipinski definition) is 4. The molecule has 6 nitrogen and oxygen atoms in total. The van der Waals surface area contributed by atoms with Crippen molar-refractivity contribution in [3.05, 3.63) is 53.9 Å². The zero-order chi connectivity index (χ0) is 19.8. The van der Waals surface area contributed by atoms with Gasteiger partial charge in [0.2, 0.25) is 5.95 Å². The van der Waals surface area contributed by atoms with Crippen LogP contribution in [0.5, 0.6) is 0 Å². The number of amides is 2. The van der Waals surface area contributed by atoms with Gasteiger partial charge >= 0.3 is 12.2 Å². The van der Waals surface area contributed by atoms with Gasteiger partial charge in [-0.3, -0.25) is 0 Å². The van der Waals surface area contributed by atoms with Crippen LogP contribution in [0.15, 0.2) is 42.6 Å². The summed E-state index contributed by atoms with van der Waals surface area (Å²) in [4.78, 5) is 21.8. The molecular weight excluding hydrogens is 371 g/mol. The van der Waals surface area contributed by atoms with E-state index in [-0.39, 0.29) is 30.6 Å². The third-order valence-electron chi connectivity index (χ3n) is 5.40. The number of nitrogens with zero attached hydrogens (tertiary/aromatic N) is 3. The highest BCUT2D eigenvalue weighted by Gasteiger charge is 2.58. The summed E-state index contributed by atoms with van der Waals surface area (Å²) in [6.45, 7) is 1.21. The van der Waals surface area contributed by atoms with E-state index in [0.717, 1.165) is 37.2 Å². The fourth-order valence-corrected chi connectivity index (χ4v) is 4.14. The van der Waals surface area contributed by atoms with Gasteiger partial charge < -0.3 is 15.5 Å². The van der Waals surface area contributed by atoms with Crippen LogP contribution < -0.4 is 10.6 Å².